The van der Waals surface area contributed by atoms with Crippen molar-refractivity contribution in [2.75, 3.05) is 0 Å². The summed E-state index contributed by atoms with van der Waals surface area (Å²) in [6.45, 7) is 1.98. The van der Waals surface area contributed by atoms with E-state index in [-0.39, 0.29) is 9.92 Å². The molecule has 26 heavy (non-hydrogen) atoms. The molecule has 1 atom stereocenters. The van der Waals surface area contributed by atoms with Gasteiger partial charge in [0.1, 0.15) is 4.90 Å². The van der Waals surface area contributed by atoms with Crippen LogP contribution in [0.5, 0.6) is 0 Å². The van der Waals surface area contributed by atoms with Gasteiger partial charge in [-0.05, 0) is 36.2 Å². The van der Waals surface area contributed by atoms with E-state index in [1.807, 2.05) is 61.5 Å². The van der Waals surface area contributed by atoms with Crippen LogP contribution in [-0.4, -0.2) is 8.42 Å². The third-order valence-electron chi connectivity index (χ3n) is 4.00. The van der Waals surface area contributed by atoms with E-state index in [1.165, 1.54) is 12.1 Å². The van der Waals surface area contributed by atoms with Crippen LogP contribution in [0.4, 0.5) is 0 Å². The quantitative estimate of drug-likeness (QED) is 0.619. The fraction of sp³-hybridized carbons (Fsp3) is 0.100. The predicted octanol–water partition coefficient (Wildman–Crippen LogP) is 5.37. The smallest absolute Gasteiger partial charge is 0.207 e. The van der Waals surface area contributed by atoms with E-state index in [1.54, 1.807) is 6.07 Å². The van der Waals surface area contributed by atoms with E-state index in [4.69, 9.17) is 23.2 Å². The van der Waals surface area contributed by atoms with Gasteiger partial charge in [0.15, 0.2) is 0 Å². The number of hydrogen-bond donors (Lipinski definition) is 1. The Morgan fingerprint density at radius 3 is 2.12 bits per heavy atom. The Morgan fingerprint density at radius 1 is 0.846 bits per heavy atom. The first-order valence-electron chi connectivity index (χ1n) is 7.96. The molecule has 0 aliphatic heterocycles. The minimum atomic E-state index is -3.89. The average Bonchev–Trinajstić information content (AvgIpc) is 2.63. The van der Waals surface area contributed by atoms with Crippen LogP contribution < -0.4 is 4.72 Å². The Kier molecular flexibility index (Phi) is 5.68. The minimum absolute atomic E-state index is 0.0419. The Hall–Kier alpha value is -1.85. The first kappa shape index (κ1) is 18.9. The third-order valence-corrected chi connectivity index (χ3v) is 6.14. The largest absolute Gasteiger partial charge is 0.242 e. The standard InChI is InChI=1S/C20H17Cl2NO2S/c1-14-7-9-16(10-8-14)20(15-5-3-2-4-6-15)23-26(24,25)19-13-17(21)11-12-18(19)22/h2-13,20,23H,1H3. The Bertz CT molecular complexity index is 1000. The summed E-state index contributed by atoms with van der Waals surface area (Å²) >= 11 is 12.1. The van der Waals surface area contributed by atoms with Gasteiger partial charge < -0.3 is 0 Å². The van der Waals surface area contributed by atoms with Crippen LogP contribution in [0.1, 0.15) is 22.7 Å². The summed E-state index contributed by atoms with van der Waals surface area (Å²) in [5.41, 5.74) is 2.77. The molecule has 3 aromatic carbocycles. The molecule has 0 aromatic heterocycles. The van der Waals surface area contributed by atoms with Gasteiger partial charge in [-0.25, -0.2) is 8.42 Å². The fourth-order valence-corrected chi connectivity index (χ4v) is 4.61. The molecule has 0 heterocycles. The first-order valence-corrected chi connectivity index (χ1v) is 10.2. The summed E-state index contributed by atoms with van der Waals surface area (Å²) in [7, 11) is -3.89. The summed E-state index contributed by atoms with van der Waals surface area (Å²) in [5.74, 6) is 0. The zero-order valence-electron chi connectivity index (χ0n) is 14.0. The predicted molar refractivity (Wildman–Crippen MR) is 106 cm³/mol. The number of sulfonamides is 1. The molecule has 3 rings (SSSR count). The van der Waals surface area contributed by atoms with Crippen molar-refractivity contribution >= 4 is 33.2 Å². The summed E-state index contributed by atoms with van der Waals surface area (Å²) in [4.78, 5) is -0.0419. The zero-order valence-corrected chi connectivity index (χ0v) is 16.3. The normalized spacial score (nSPS) is 12.7. The van der Waals surface area contributed by atoms with Crippen LogP contribution in [0.3, 0.4) is 0 Å². The average molecular weight is 406 g/mol. The maximum absolute atomic E-state index is 13.0. The second kappa shape index (κ2) is 7.80. The fourth-order valence-electron chi connectivity index (χ4n) is 2.63. The summed E-state index contributed by atoms with van der Waals surface area (Å²) in [6.07, 6.45) is 0. The maximum Gasteiger partial charge on any atom is 0.242 e. The summed E-state index contributed by atoms with van der Waals surface area (Å²) in [5, 5.41) is 0.430. The highest BCUT2D eigenvalue weighted by Gasteiger charge is 2.25. The number of rotatable bonds is 5. The molecule has 0 spiro atoms. The van der Waals surface area contributed by atoms with Gasteiger partial charge in [0, 0.05) is 5.02 Å². The highest BCUT2D eigenvalue weighted by Crippen LogP contribution is 2.29. The van der Waals surface area contributed by atoms with Crippen LogP contribution in [0.2, 0.25) is 10.0 Å². The van der Waals surface area contributed by atoms with Gasteiger partial charge >= 0.3 is 0 Å². The van der Waals surface area contributed by atoms with Gasteiger partial charge in [-0.1, -0.05) is 83.4 Å². The number of halogens is 2. The Morgan fingerprint density at radius 2 is 1.46 bits per heavy atom. The van der Waals surface area contributed by atoms with Crippen molar-refractivity contribution < 1.29 is 8.42 Å². The van der Waals surface area contributed by atoms with Gasteiger partial charge in [0.2, 0.25) is 10.0 Å². The number of nitrogens with one attached hydrogen (secondary N) is 1. The van der Waals surface area contributed by atoms with E-state index >= 15 is 0 Å². The molecule has 1 N–H and O–H groups in total. The van der Waals surface area contributed by atoms with E-state index in [2.05, 4.69) is 4.72 Å². The highest BCUT2D eigenvalue weighted by atomic mass is 35.5. The van der Waals surface area contributed by atoms with Gasteiger partial charge in [-0.15, -0.1) is 0 Å². The van der Waals surface area contributed by atoms with Crippen LogP contribution in [0, 0.1) is 6.92 Å². The van der Waals surface area contributed by atoms with Gasteiger partial charge in [0.25, 0.3) is 0 Å². The molecule has 0 radical (unpaired) electrons. The maximum atomic E-state index is 13.0. The van der Waals surface area contributed by atoms with Crippen LogP contribution in [0.15, 0.2) is 77.7 Å². The topological polar surface area (TPSA) is 46.2 Å². The number of aryl methyl sites for hydroxylation is 1. The molecule has 134 valence electrons. The molecule has 6 heteroatoms. The van der Waals surface area contributed by atoms with Crippen molar-refractivity contribution in [1.82, 2.24) is 4.72 Å². The molecule has 3 nitrogen and oxygen atoms in total. The van der Waals surface area contributed by atoms with Crippen LogP contribution >= 0.6 is 23.2 Å². The molecule has 1 unspecified atom stereocenters. The minimum Gasteiger partial charge on any atom is -0.207 e. The van der Waals surface area contributed by atoms with E-state index in [0.717, 1.165) is 16.7 Å². The van der Waals surface area contributed by atoms with E-state index in [0.29, 0.717) is 5.02 Å². The lowest BCUT2D eigenvalue weighted by Gasteiger charge is -2.20. The van der Waals surface area contributed by atoms with Crippen LogP contribution in [0.25, 0.3) is 0 Å². The zero-order chi connectivity index (χ0) is 18.7. The third kappa shape index (κ3) is 4.27. The van der Waals surface area contributed by atoms with Crippen molar-refractivity contribution in [3.05, 3.63) is 99.5 Å². The van der Waals surface area contributed by atoms with Gasteiger partial charge in [-0.3, -0.25) is 0 Å². The Balaban J connectivity index is 2.05. The van der Waals surface area contributed by atoms with E-state index < -0.39 is 16.1 Å². The molecule has 0 saturated heterocycles. The molecule has 0 aliphatic rings. The lowest BCUT2D eigenvalue weighted by molar-refractivity contribution is 0.572. The monoisotopic (exact) mass is 405 g/mol. The highest BCUT2D eigenvalue weighted by molar-refractivity contribution is 7.89. The molecule has 0 amide bonds. The van der Waals surface area contributed by atoms with Crippen molar-refractivity contribution in [2.45, 2.75) is 17.9 Å². The molecular weight excluding hydrogens is 389 g/mol. The lowest BCUT2D eigenvalue weighted by Crippen LogP contribution is -2.29. The summed E-state index contributed by atoms with van der Waals surface area (Å²) in [6, 6.07) is 21.0. The number of benzene rings is 3. The van der Waals surface area contributed by atoms with Crippen molar-refractivity contribution in [3.63, 3.8) is 0 Å². The molecule has 0 aliphatic carbocycles. The van der Waals surface area contributed by atoms with Crippen LogP contribution in [-0.2, 0) is 10.0 Å². The first-order chi connectivity index (χ1) is 12.4. The second-order valence-corrected chi connectivity index (χ2v) is 8.48. The van der Waals surface area contributed by atoms with Crippen molar-refractivity contribution in [1.29, 1.82) is 0 Å². The number of hydrogen-bond acceptors (Lipinski definition) is 2. The molecule has 3 aromatic rings. The molecule has 0 saturated carbocycles. The van der Waals surface area contributed by atoms with Crippen molar-refractivity contribution in [2.24, 2.45) is 0 Å². The SMILES string of the molecule is Cc1ccc(C(NS(=O)(=O)c2cc(Cl)ccc2Cl)c2ccccc2)cc1. The van der Waals surface area contributed by atoms with Gasteiger partial charge in [0.05, 0.1) is 11.1 Å². The molecule has 0 bridgehead atoms. The van der Waals surface area contributed by atoms with E-state index in [9.17, 15) is 8.42 Å². The summed E-state index contributed by atoms with van der Waals surface area (Å²) < 4.78 is 28.7. The van der Waals surface area contributed by atoms with Crippen molar-refractivity contribution in [3.8, 4) is 0 Å². The lowest BCUT2D eigenvalue weighted by atomic mass is 9.99. The molecule has 0 fully saturated rings. The Labute approximate surface area is 163 Å². The van der Waals surface area contributed by atoms with Gasteiger partial charge in [-0.2, -0.15) is 4.72 Å². The molecular formula is C20H17Cl2NO2S. The second-order valence-electron chi connectivity index (χ2n) is 5.95.